The molecule has 0 bridgehead atoms. The first-order valence-electron chi connectivity index (χ1n) is 8.31. The van der Waals surface area contributed by atoms with Crippen LogP contribution in [0.15, 0.2) is 0 Å². The maximum atomic E-state index is 10.6. The highest BCUT2D eigenvalue weighted by Gasteiger charge is 2.38. The zero-order valence-corrected chi connectivity index (χ0v) is 12.3. The van der Waals surface area contributed by atoms with E-state index < -0.39 is 0 Å². The number of ether oxygens (including phenoxy) is 1. The molecule has 3 rings (SSSR count). The molecule has 0 radical (unpaired) electrons. The van der Waals surface area contributed by atoms with Crippen molar-refractivity contribution < 1.29 is 9.84 Å². The van der Waals surface area contributed by atoms with Crippen LogP contribution in [0.3, 0.4) is 0 Å². The summed E-state index contributed by atoms with van der Waals surface area (Å²) in [5, 5.41) is 10.6. The molecule has 0 aromatic heterocycles. The molecule has 1 aliphatic carbocycles. The molecule has 3 heteroatoms. The monoisotopic (exact) mass is 267 g/mol. The predicted molar refractivity (Wildman–Crippen MR) is 76.1 cm³/mol. The molecule has 0 aromatic carbocycles. The van der Waals surface area contributed by atoms with E-state index in [1.54, 1.807) is 0 Å². The summed E-state index contributed by atoms with van der Waals surface area (Å²) in [6.07, 6.45) is 8.72. The fraction of sp³-hybridized carbons (Fsp3) is 1.00. The SMILES string of the molecule is CCC1CCC(C(O)C2CN3CCCC3CO2)CC1. The Labute approximate surface area is 117 Å². The minimum Gasteiger partial charge on any atom is -0.390 e. The minimum absolute atomic E-state index is 0.0672. The van der Waals surface area contributed by atoms with Gasteiger partial charge in [0.2, 0.25) is 0 Å². The van der Waals surface area contributed by atoms with Crippen molar-refractivity contribution in [1.29, 1.82) is 0 Å². The van der Waals surface area contributed by atoms with Crippen LogP contribution in [0.2, 0.25) is 0 Å². The van der Waals surface area contributed by atoms with Crippen LogP contribution in [0.5, 0.6) is 0 Å². The Hall–Kier alpha value is -0.120. The van der Waals surface area contributed by atoms with Crippen LogP contribution >= 0.6 is 0 Å². The van der Waals surface area contributed by atoms with E-state index in [1.807, 2.05) is 0 Å². The smallest absolute Gasteiger partial charge is 0.0963 e. The maximum Gasteiger partial charge on any atom is 0.0963 e. The van der Waals surface area contributed by atoms with Crippen molar-refractivity contribution in [2.45, 2.75) is 70.1 Å². The molecule has 19 heavy (non-hydrogen) atoms. The maximum absolute atomic E-state index is 10.6. The first kappa shape index (κ1) is 13.8. The number of nitrogens with zero attached hydrogens (tertiary/aromatic N) is 1. The minimum atomic E-state index is -0.237. The van der Waals surface area contributed by atoms with Gasteiger partial charge in [0.1, 0.15) is 0 Å². The van der Waals surface area contributed by atoms with Gasteiger partial charge < -0.3 is 9.84 Å². The first-order chi connectivity index (χ1) is 9.28. The van der Waals surface area contributed by atoms with Gasteiger partial charge in [0.15, 0.2) is 0 Å². The number of aliphatic hydroxyl groups excluding tert-OH is 1. The van der Waals surface area contributed by atoms with Gasteiger partial charge in [0.25, 0.3) is 0 Å². The molecule has 3 unspecified atom stereocenters. The van der Waals surface area contributed by atoms with Crippen LogP contribution in [0.25, 0.3) is 0 Å². The predicted octanol–water partition coefficient (Wildman–Crippen LogP) is 2.43. The largest absolute Gasteiger partial charge is 0.390 e. The molecular weight excluding hydrogens is 238 g/mol. The van der Waals surface area contributed by atoms with Crippen molar-refractivity contribution in [3.8, 4) is 0 Å². The van der Waals surface area contributed by atoms with Gasteiger partial charge in [-0.3, -0.25) is 4.90 Å². The molecule has 2 aliphatic heterocycles. The number of rotatable bonds is 3. The van der Waals surface area contributed by atoms with Crippen molar-refractivity contribution in [2.75, 3.05) is 19.7 Å². The van der Waals surface area contributed by atoms with E-state index in [9.17, 15) is 5.11 Å². The van der Waals surface area contributed by atoms with Crippen LogP contribution in [0.1, 0.15) is 51.9 Å². The summed E-state index contributed by atoms with van der Waals surface area (Å²) in [7, 11) is 0. The van der Waals surface area contributed by atoms with E-state index >= 15 is 0 Å². The fourth-order valence-corrected chi connectivity index (χ4v) is 4.29. The normalized spacial score (nSPS) is 42.0. The fourth-order valence-electron chi connectivity index (χ4n) is 4.29. The van der Waals surface area contributed by atoms with E-state index in [4.69, 9.17) is 4.74 Å². The molecular formula is C16H29NO2. The van der Waals surface area contributed by atoms with Crippen LogP contribution in [0, 0.1) is 11.8 Å². The number of aliphatic hydroxyl groups is 1. The van der Waals surface area contributed by atoms with Gasteiger partial charge in [-0.25, -0.2) is 0 Å². The molecule has 0 amide bonds. The van der Waals surface area contributed by atoms with Crippen LogP contribution < -0.4 is 0 Å². The van der Waals surface area contributed by atoms with E-state index in [2.05, 4.69) is 11.8 Å². The second-order valence-corrected chi connectivity index (χ2v) is 6.84. The van der Waals surface area contributed by atoms with E-state index in [-0.39, 0.29) is 12.2 Å². The second-order valence-electron chi connectivity index (χ2n) is 6.84. The van der Waals surface area contributed by atoms with E-state index in [0.29, 0.717) is 12.0 Å². The molecule has 1 N–H and O–H groups in total. The third kappa shape index (κ3) is 2.98. The topological polar surface area (TPSA) is 32.7 Å². The number of fused-ring (bicyclic) bond motifs is 1. The summed E-state index contributed by atoms with van der Waals surface area (Å²) in [4.78, 5) is 2.54. The van der Waals surface area contributed by atoms with Gasteiger partial charge >= 0.3 is 0 Å². The Kier molecular flexibility index (Phi) is 4.45. The zero-order valence-electron chi connectivity index (χ0n) is 12.3. The second kappa shape index (κ2) is 6.11. The van der Waals surface area contributed by atoms with Gasteiger partial charge in [-0.05, 0) is 44.1 Å². The highest BCUT2D eigenvalue weighted by atomic mass is 16.5. The van der Waals surface area contributed by atoms with Gasteiger partial charge in [0, 0.05) is 12.6 Å². The lowest BCUT2D eigenvalue weighted by molar-refractivity contribution is -0.122. The molecule has 3 aliphatic rings. The highest BCUT2D eigenvalue weighted by molar-refractivity contribution is 4.90. The lowest BCUT2D eigenvalue weighted by atomic mass is 9.77. The Bertz CT molecular complexity index is 288. The van der Waals surface area contributed by atoms with E-state index in [1.165, 1.54) is 51.5 Å². The number of morpholine rings is 1. The number of hydrogen-bond donors (Lipinski definition) is 1. The third-order valence-corrected chi connectivity index (χ3v) is 5.75. The lowest BCUT2D eigenvalue weighted by Crippen LogP contribution is -2.52. The Balaban J connectivity index is 1.51. The molecule has 3 fully saturated rings. The van der Waals surface area contributed by atoms with Crippen LogP contribution in [0.4, 0.5) is 0 Å². The van der Waals surface area contributed by atoms with Gasteiger partial charge in [0.05, 0.1) is 18.8 Å². The molecule has 2 heterocycles. The quantitative estimate of drug-likeness (QED) is 0.852. The van der Waals surface area contributed by atoms with Crippen molar-refractivity contribution in [2.24, 2.45) is 11.8 Å². The first-order valence-corrected chi connectivity index (χ1v) is 8.31. The summed E-state index contributed by atoms with van der Waals surface area (Å²) in [5.74, 6) is 1.38. The molecule has 0 aromatic rings. The van der Waals surface area contributed by atoms with Crippen LogP contribution in [-0.2, 0) is 4.74 Å². The van der Waals surface area contributed by atoms with Crippen molar-refractivity contribution in [3.63, 3.8) is 0 Å². The summed E-state index contributed by atoms with van der Waals surface area (Å²) in [5.41, 5.74) is 0. The summed E-state index contributed by atoms with van der Waals surface area (Å²) in [6, 6.07) is 0.638. The molecule has 3 atom stereocenters. The molecule has 2 saturated heterocycles. The van der Waals surface area contributed by atoms with E-state index in [0.717, 1.165) is 19.1 Å². The molecule has 0 spiro atoms. The van der Waals surface area contributed by atoms with Gasteiger partial charge in [-0.1, -0.05) is 26.2 Å². The third-order valence-electron chi connectivity index (χ3n) is 5.75. The summed E-state index contributed by atoms with van der Waals surface area (Å²) < 4.78 is 5.97. The van der Waals surface area contributed by atoms with Crippen molar-refractivity contribution in [1.82, 2.24) is 4.90 Å². The Morgan fingerprint density at radius 2 is 2.00 bits per heavy atom. The summed E-state index contributed by atoms with van der Waals surface area (Å²) >= 11 is 0. The van der Waals surface area contributed by atoms with Gasteiger partial charge in [-0.15, -0.1) is 0 Å². The standard InChI is InChI=1S/C16H29NO2/c1-2-12-5-7-13(8-6-12)16(18)15-10-17-9-3-4-14(17)11-19-15/h12-16,18H,2-11H2,1H3. The molecule has 1 saturated carbocycles. The lowest BCUT2D eigenvalue weighted by Gasteiger charge is -2.41. The average Bonchev–Trinajstić information content (AvgIpc) is 2.94. The average molecular weight is 267 g/mol. The Morgan fingerprint density at radius 1 is 1.21 bits per heavy atom. The zero-order chi connectivity index (χ0) is 13.2. The van der Waals surface area contributed by atoms with Gasteiger partial charge in [-0.2, -0.15) is 0 Å². The molecule has 110 valence electrons. The van der Waals surface area contributed by atoms with Crippen LogP contribution in [-0.4, -0.2) is 48.0 Å². The Morgan fingerprint density at radius 3 is 2.74 bits per heavy atom. The highest BCUT2D eigenvalue weighted by Crippen LogP contribution is 2.35. The summed E-state index contributed by atoms with van der Waals surface area (Å²) in [6.45, 7) is 5.30. The van der Waals surface area contributed by atoms with Crippen molar-refractivity contribution >= 4 is 0 Å². The molecule has 3 nitrogen and oxygen atoms in total. The van der Waals surface area contributed by atoms with Crippen molar-refractivity contribution in [3.05, 3.63) is 0 Å². The number of hydrogen-bond acceptors (Lipinski definition) is 3.